The molecule has 7 heteroatoms. The number of ether oxygens (including phenoxy) is 2. The van der Waals surface area contributed by atoms with E-state index in [0.29, 0.717) is 30.4 Å². The first-order chi connectivity index (χ1) is 12.0. The van der Waals surface area contributed by atoms with Crippen molar-refractivity contribution in [2.24, 2.45) is 0 Å². The molecule has 2 aliphatic rings. The van der Waals surface area contributed by atoms with Gasteiger partial charge in [-0.2, -0.15) is 4.31 Å². The Morgan fingerprint density at radius 2 is 1.88 bits per heavy atom. The third-order valence-corrected chi connectivity index (χ3v) is 7.87. The Balaban J connectivity index is 1.70. The summed E-state index contributed by atoms with van der Waals surface area (Å²) < 4.78 is 39.3. The second-order valence-corrected chi connectivity index (χ2v) is 9.77. The molecule has 1 aromatic carbocycles. The molecule has 134 valence electrons. The van der Waals surface area contributed by atoms with Crippen LogP contribution in [0.2, 0.25) is 0 Å². The standard InChI is InChI=1S/C18H21NO4S2/c1-12-10-18(13(2)24-12)25(20,21)19-7-3-4-15(19)14-5-6-16-17(11-14)23-9-8-22-16/h5-6,10-11,15H,3-4,7-9H2,1-2H3/t15-/m1/s1. The van der Waals surface area contributed by atoms with Gasteiger partial charge in [-0.1, -0.05) is 6.07 Å². The number of nitrogens with zero attached hydrogens (tertiary/aromatic N) is 1. The molecule has 0 amide bonds. The third-order valence-electron chi connectivity index (χ3n) is 4.74. The van der Waals surface area contributed by atoms with Crippen molar-refractivity contribution >= 4 is 21.4 Å². The summed E-state index contributed by atoms with van der Waals surface area (Å²) in [7, 11) is -3.50. The largest absolute Gasteiger partial charge is 0.486 e. The van der Waals surface area contributed by atoms with Crippen molar-refractivity contribution in [1.82, 2.24) is 4.31 Å². The summed E-state index contributed by atoms with van der Waals surface area (Å²) in [6, 6.07) is 7.40. The molecule has 4 rings (SSSR count). The molecule has 0 bridgehead atoms. The fourth-order valence-electron chi connectivity index (χ4n) is 3.62. The van der Waals surface area contributed by atoms with Crippen LogP contribution in [0.25, 0.3) is 0 Å². The number of hydrogen-bond donors (Lipinski definition) is 0. The summed E-state index contributed by atoms with van der Waals surface area (Å²) in [6.45, 7) is 5.44. The van der Waals surface area contributed by atoms with Crippen LogP contribution in [0.5, 0.6) is 11.5 Å². The van der Waals surface area contributed by atoms with Crippen LogP contribution in [0.4, 0.5) is 0 Å². The number of hydrogen-bond acceptors (Lipinski definition) is 5. The highest BCUT2D eigenvalue weighted by atomic mass is 32.2. The van der Waals surface area contributed by atoms with Crippen LogP contribution >= 0.6 is 11.3 Å². The molecule has 0 N–H and O–H groups in total. The molecule has 5 nitrogen and oxygen atoms in total. The van der Waals surface area contributed by atoms with E-state index in [9.17, 15) is 8.42 Å². The average Bonchev–Trinajstić information content (AvgIpc) is 3.21. The molecular formula is C18H21NO4S2. The van der Waals surface area contributed by atoms with Crippen molar-refractivity contribution in [3.63, 3.8) is 0 Å². The van der Waals surface area contributed by atoms with E-state index in [1.165, 1.54) is 11.3 Å². The van der Waals surface area contributed by atoms with E-state index in [1.54, 1.807) is 10.4 Å². The molecule has 2 aliphatic heterocycles. The fraction of sp³-hybridized carbons (Fsp3) is 0.444. The highest BCUT2D eigenvalue weighted by Gasteiger charge is 2.37. The molecule has 1 fully saturated rings. The summed E-state index contributed by atoms with van der Waals surface area (Å²) >= 11 is 1.53. The minimum atomic E-state index is -3.50. The van der Waals surface area contributed by atoms with Gasteiger partial charge in [0.1, 0.15) is 13.2 Å². The van der Waals surface area contributed by atoms with Gasteiger partial charge in [-0.25, -0.2) is 8.42 Å². The van der Waals surface area contributed by atoms with Crippen LogP contribution in [0.1, 0.15) is 34.2 Å². The van der Waals surface area contributed by atoms with E-state index in [2.05, 4.69) is 0 Å². The van der Waals surface area contributed by atoms with Crippen LogP contribution in [-0.2, 0) is 10.0 Å². The first-order valence-corrected chi connectivity index (χ1v) is 10.7. The normalized spacial score (nSPS) is 20.8. The van der Waals surface area contributed by atoms with Gasteiger partial charge in [-0.3, -0.25) is 0 Å². The van der Waals surface area contributed by atoms with Crippen LogP contribution in [0.15, 0.2) is 29.2 Å². The predicted octanol–water partition coefficient (Wildman–Crippen LogP) is 3.66. The highest BCUT2D eigenvalue weighted by Crippen LogP contribution is 2.41. The SMILES string of the molecule is Cc1cc(S(=O)(=O)N2CCC[C@@H]2c2ccc3c(c2)OCCO3)c(C)s1. The zero-order chi connectivity index (χ0) is 17.6. The summed E-state index contributed by atoms with van der Waals surface area (Å²) in [5, 5.41) is 0. The van der Waals surface area contributed by atoms with E-state index >= 15 is 0 Å². The number of sulfonamides is 1. The fourth-order valence-corrected chi connectivity index (χ4v) is 6.83. The zero-order valence-electron chi connectivity index (χ0n) is 14.3. The van der Waals surface area contributed by atoms with Crippen molar-refractivity contribution in [3.05, 3.63) is 39.6 Å². The number of fused-ring (bicyclic) bond motifs is 1. The molecule has 0 aliphatic carbocycles. The minimum absolute atomic E-state index is 0.152. The van der Waals surface area contributed by atoms with Gasteiger partial charge in [-0.05, 0) is 50.5 Å². The Morgan fingerprint density at radius 3 is 2.60 bits per heavy atom. The lowest BCUT2D eigenvalue weighted by Gasteiger charge is -2.26. The molecule has 3 heterocycles. The molecule has 25 heavy (non-hydrogen) atoms. The summed E-state index contributed by atoms with van der Waals surface area (Å²) in [5.74, 6) is 1.43. The lowest BCUT2D eigenvalue weighted by Crippen LogP contribution is -2.31. The smallest absolute Gasteiger partial charge is 0.244 e. The first-order valence-electron chi connectivity index (χ1n) is 8.45. The van der Waals surface area contributed by atoms with Gasteiger partial charge in [0.15, 0.2) is 11.5 Å². The Morgan fingerprint density at radius 1 is 1.12 bits per heavy atom. The molecule has 1 saturated heterocycles. The highest BCUT2D eigenvalue weighted by molar-refractivity contribution is 7.89. The predicted molar refractivity (Wildman–Crippen MR) is 97.1 cm³/mol. The molecule has 1 aromatic heterocycles. The van der Waals surface area contributed by atoms with Crippen molar-refractivity contribution in [2.75, 3.05) is 19.8 Å². The van der Waals surface area contributed by atoms with E-state index < -0.39 is 10.0 Å². The summed E-state index contributed by atoms with van der Waals surface area (Å²) in [6.07, 6.45) is 1.68. The second kappa shape index (κ2) is 6.30. The van der Waals surface area contributed by atoms with Crippen molar-refractivity contribution < 1.29 is 17.9 Å². The third kappa shape index (κ3) is 2.94. The van der Waals surface area contributed by atoms with Crippen LogP contribution in [0, 0.1) is 13.8 Å². The van der Waals surface area contributed by atoms with Crippen molar-refractivity contribution in [3.8, 4) is 11.5 Å². The molecular weight excluding hydrogens is 358 g/mol. The van der Waals surface area contributed by atoms with Crippen LogP contribution in [0.3, 0.4) is 0 Å². The van der Waals surface area contributed by atoms with Gasteiger partial charge in [0.25, 0.3) is 0 Å². The van der Waals surface area contributed by atoms with Crippen molar-refractivity contribution in [2.45, 2.75) is 37.6 Å². The van der Waals surface area contributed by atoms with E-state index in [-0.39, 0.29) is 6.04 Å². The van der Waals surface area contributed by atoms with Gasteiger partial charge < -0.3 is 9.47 Å². The molecule has 0 unspecified atom stereocenters. The summed E-state index contributed by atoms with van der Waals surface area (Å²) in [4.78, 5) is 2.32. The van der Waals surface area contributed by atoms with E-state index in [4.69, 9.17) is 9.47 Å². The maximum atomic E-state index is 13.2. The Labute approximate surface area is 152 Å². The lowest BCUT2D eigenvalue weighted by atomic mass is 10.0. The van der Waals surface area contributed by atoms with Gasteiger partial charge in [0, 0.05) is 16.3 Å². The molecule has 2 aromatic rings. The number of rotatable bonds is 3. The topological polar surface area (TPSA) is 55.8 Å². The van der Waals surface area contributed by atoms with Crippen LogP contribution < -0.4 is 9.47 Å². The van der Waals surface area contributed by atoms with Crippen molar-refractivity contribution in [1.29, 1.82) is 0 Å². The van der Waals surface area contributed by atoms with Gasteiger partial charge >= 0.3 is 0 Å². The zero-order valence-corrected chi connectivity index (χ0v) is 16.0. The maximum absolute atomic E-state index is 13.2. The summed E-state index contributed by atoms with van der Waals surface area (Å²) in [5.41, 5.74) is 0.968. The van der Waals surface area contributed by atoms with Gasteiger partial charge in [-0.15, -0.1) is 11.3 Å². The number of thiophene rings is 1. The maximum Gasteiger partial charge on any atom is 0.244 e. The number of aryl methyl sites for hydroxylation is 2. The van der Waals surface area contributed by atoms with Gasteiger partial charge in [0.05, 0.1) is 10.9 Å². The molecule has 0 spiro atoms. The number of benzene rings is 1. The molecule has 0 saturated carbocycles. The monoisotopic (exact) mass is 379 g/mol. The molecule has 1 atom stereocenters. The second-order valence-electron chi connectivity index (χ2n) is 6.45. The molecule has 0 radical (unpaired) electrons. The lowest BCUT2D eigenvalue weighted by molar-refractivity contribution is 0.171. The minimum Gasteiger partial charge on any atom is -0.486 e. The van der Waals surface area contributed by atoms with Gasteiger partial charge in [0.2, 0.25) is 10.0 Å². The Hall–Kier alpha value is -1.57. The Kier molecular flexibility index (Phi) is 4.25. The average molecular weight is 380 g/mol. The Bertz CT molecular complexity index is 904. The van der Waals surface area contributed by atoms with Crippen LogP contribution in [-0.4, -0.2) is 32.5 Å². The van der Waals surface area contributed by atoms with E-state index in [0.717, 1.165) is 33.9 Å². The van der Waals surface area contributed by atoms with E-state index in [1.807, 2.05) is 32.0 Å². The first kappa shape index (κ1) is 16.9. The quantitative estimate of drug-likeness (QED) is 0.817.